The van der Waals surface area contributed by atoms with Crippen molar-refractivity contribution in [3.63, 3.8) is 0 Å². The van der Waals surface area contributed by atoms with Crippen LogP contribution in [0.2, 0.25) is 0 Å². The zero-order chi connectivity index (χ0) is 14.0. The van der Waals surface area contributed by atoms with E-state index in [1.54, 1.807) is 0 Å². The fraction of sp³-hybridized carbons (Fsp3) is 0.923. The summed E-state index contributed by atoms with van der Waals surface area (Å²) in [7, 11) is 0. The second kappa shape index (κ2) is 4.90. The number of fused-ring (bicyclic) bond motifs is 3. The number of halogens is 2. The molecule has 4 rings (SSSR count). The van der Waals surface area contributed by atoms with Crippen molar-refractivity contribution < 1.29 is 14.3 Å². The Morgan fingerprint density at radius 2 is 2.25 bits per heavy atom. The van der Waals surface area contributed by atoms with Gasteiger partial charge in [-0.2, -0.15) is 0 Å². The van der Waals surface area contributed by atoms with Crippen LogP contribution in [0.25, 0.3) is 0 Å². The number of nitrogens with one attached hydrogen (secondary N) is 2. The summed E-state index contributed by atoms with van der Waals surface area (Å²) < 4.78 is 17.5. The van der Waals surface area contributed by atoms with Crippen molar-refractivity contribution in [3.05, 3.63) is 0 Å². The molecule has 4 aliphatic rings. The molecule has 0 aromatic carbocycles. The van der Waals surface area contributed by atoms with Crippen LogP contribution in [0.15, 0.2) is 0 Å². The third-order valence-electron chi connectivity index (χ3n) is 5.24. The van der Waals surface area contributed by atoms with Crippen LogP contribution >= 0.6 is 43.0 Å². The zero-order valence-electron chi connectivity index (χ0n) is 11.5. The van der Waals surface area contributed by atoms with Crippen LogP contribution in [-0.2, 0) is 14.3 Å². The molecule has 4 atom stereocenters. The maximum absolute atomic E-state index is 11.9. The summed E-state index contributed by atoms with van der Waals surface area (Å²) in [6, 6.07) is 0. The van der Waals surface area contributed by atoms with Gasteiger partial charge in [-0.3, -0.25) is 0 Å². The first kappa shape index (κ1) is 14.4. The van der Waals surface area contributed by atoms with Gasteiger partial charge in [-0.05, 0) is 0 Å². The van der Waals surface area contributed by atoms with Gasteiger partial charge in [0.2, 0.25) is 0 Å². The molecule has 4 unspecified atom stereocenters. The summed E-state index contributed by atoms with van der Waals surface area (Å²) >= 11 is 1.11. The van der Waals surface area contributed by atoms with Crippen LogP contribution in [-0.4, -0.2) is 27.0 Å². The first-order valence-electron chi connectivity index (χ1n) is 7.17. The quantitative estimate of drug-likeness (QED) is 0.0846. The molecule has 4 fully saturated rings. The molecule has 0 aromatic rings. The summed E-state index contributed by atoms with van der Waals surface area (Å²) in [6.07, 6.45) is 5.42. The molecular weight excluding hydrogens is 486 g/mol. The number of hydrogen-bond donors (Lipinski definition) is 2. The Hall–Kier alpha value is 0.810. The Morgan fingerprint density at radius 3 is 2.80 bits per heavy atom. The van der Waals surface area contributed by atoms with E-state index >= 15 is 0 Å². The van der Waals surface area contributed by atoms with Gasteiger partial charge in [-0.25, -0.2) is 0 Å². The number of rotatable bonds is 6. The Bertz CT molecular complexity index is 443. The number of alkyl halides is 2. The molecule has 7 heteroatoms. The van der Waals surface area contributed by atoms with Crippen LogP contribution < -0.4 is 7.06 Å². The van der Waals surface area contributed by atoms with Gasteiger partial charge in [0.15, 0.2) is 0 Å². The Balaban J connectivity index is 1.19. The van der Waals surface area contributed by atoms with Crippen LogP contribution in [0.5, 0.6) is 0 Å². The minimum atomic E-state index is -1.06. The van der Waals surface area contributed by atoms with Gasteiger partial charge < -0.3 is 0 Å². The molecule has 0 spiro atoms. The molecule has 2 heterocycles. The average molecular weight is 506 g/mol. The molecule has 2 aliphatic carbocycles. The fourth-order valence-electron chi connectivity index (χ4n) is 3.94. The number of hydrogen-bond acceptors (Lipinski definition) is 5. The van der Waals surface area contributed by atoms with Crippen LogP contribution in [0.3, 0.4) is 0 Å². The molecule has 2 saturated carbocycles. The van der Waals surface area contributed by atoms with E-state index in [2.05, 4.69) is 36.6 Å². The fourth-order valence-corrected chi connectivity index (χ4v) is 11.4. The van der Waals surface area contributed by atoms with Gasteiger partial charge in [-0.15, -0.1) is 0 Å². The molecule has 2 aliphatic heterocycles. The number of ether oxygens (including phenoxy) is 2. The predicted octanol–water partition coefficient (Wildman–Crippen LogP) is 2.33. The predicted molar refractivity (Wildman–Crippen MR) is 91.3 cm³/mol. The van der Waals surface area contributed by atoms with Crippen LogP contribution in [0.1, 0.15) is 32.6 Å². The van der Waals surface area contributed by atoms with Crippen LogP contribution in [0, 0.1) is 17.3 Å². The Labute approximate surface area is 140 Å². The van der Waals surface area contributed by atoms with Crippen molar-refractivity contribution in [1.29, 1.82) is 0 Å². The van der Waals surface area contributed by atoms with Crippen molar-refractivity contribution in [1.82, 2.24) is 7.06 Å². The van der Waals surface area contributed by atoms with E-state index in [0.717, 1.165) is 18.4 Å². The topological polar surface area (TPSA) is 79.4 Å². The van der Waals surface area contributed by atoms with E-state index in [0.29, 0.717) is 5.41 Å². The minimum absolute atomic E-state index is 0.00184. The van der Waals surface area contributed by atoms with E-state index in [9.17, 15) is 4.79 Å². The van der Waals surface area contributed by atoms with Crippen molar-refractivity contribution in [2.75, 3.05) is 13.4 Å². The Morgan fingerprint density at radius 1 is 1.50 bits per heavy atom. The summed E-state index contributed by atoms with van der Waals surface area (Å²) in [5.74, 6) is 1.58. The van der Waals surface area contributed by atoms with Gasteiger partial charge in [-0.1, -0.05) is 0 Å². The van der Waals surface area contributed by atoms with Gasteiger partial charge >= 0.3 is 141 Å². The molecule has 2 N–H and O–H groups in total. The first-order valence-corrected chi connectivity index (χ1v) is 11.7. The average Bonchev–Trinajstić information content (AvgIpc) is 3.18. The Kier molecular flexibility index (Phi) is 3.53. The SMILES string of the molecule is CC1(COCOC(=O)C(I)C23NI2N3)CC2CCC1C2. The van der Waals surface area contributed by atoms with Crippen molar-refractivity contribution in [3.8, 4) is 0 Å². The van der Waals surface area contributed by atoms with E-state index in [1.807, 2.05) is 0 Å². The molecular formula is C13H20I2N2O3. The molecule has 2 bridgehead atoms. The van der Waals surface area contributed by atoms with E-state index in [1.165, 1.54) is 25.7 Å². The second-order valence-corrected chi connectivity index (χ2v) is 12.4. The van der Waals surface area contributed by atoms with Crippen molar-refractivity contribution in [2.24, 2.45) is 17.3 Å². The van der Waals surface area contributed by atoms with Gasteiger partial charge in [0.1, 0.15) is 0 Å². The zero-order valence-corrected chi connectivity index (χ0v) is 15.8. The normalized spacial score (nSPS) is 42.2. The second-order valence-electron chi connectivity index (χ2n) is 6.71. The number of carbonyl (C=O) groups is 1. The number of carbonyl (C=O) groups excluding carboxylic acids is 1. The summed E-state index contributed by atoms with van der Waals surface area (Å²) in [4.78, 5) is 11.9. The summed E-state index contributed by atoms with van der Waals surface area (Å²) in [5.41, 5.74) is 0.312. The van der Waals surface area contributed by atoms with Gasteiger partial charge in [0, 0.05) is 0 Å². The van der Waals surface area contributed by atoms with E-state index < -0.39 is 20.4 Å². The summed E-state index contributed by atoms with van der Waals surface area (Å²) in [6.45, 7) is 3.17. The van der Waals surface area contributed by atoms with Gasteiger partial charge in [0.05, 0.1) is 0 Å². The summed E-state index contributed by atoms with van der Waals surface area (Å²) in [5, 5.41) is 0. The molecule has 114 valence electrons. The first-order chi connectivity index (χ1) is 9.53. The monoisotopic (exact) mass is 506 g/mol. The molecule has 5 nitrogen and oxygen atoms in total. The molecule has 0 amide bonds. The van der Waals surface area contributed by atoms with E-state index in [4.69, 9.17) is 9.47 Å². The van der Waals surface area contributed by atoms with E-state index in [-0.39, 0.29) is 20.4 Å². The molecule has 0 radical (unpaired) electrons. The van der Waals surface area contributed by atoms with Crippen molar-refractivity contribution >= 4 is 48.9 Å². The molecule has 2 saturated heterocycles. The third kappa shape index (κ3) is 2.31. The van der Waals surface area contributed by atoms with Crippen LogP contribution in [0.4, 0.5) is 0 Å². The third-order valence-corrected chi connectivity index (χ3v) is 12.4. The molecule has 20 heavy (non-hydrogen) atoms. The van der Waals surface area contributed by atoms with Crippen molar-refractivity contribution in [2.45, 2.75) is 40.2 Å². The standard InChI is InChI=1S/C13H20I2N2O3/c1-12(5-8-2-3-9(12)4-8)6-19-7-20-11(18)10(14)13-15(16-13)17-13/h8-10,16-17H,2-7H2,1H3. The molecule has 0 aromatic heterocycles. The maximum atomic E-state index is 11.9. The van der Waals surface area contributed by atoms with Gasteiger partial charge in [0.25, 0.3) is 0 Å². The number of esters is 1.